The van der Waals surface area contributed by atoms with Gasteiger partial charge in [-0.15, -0.1) is 0 Å². The standard InChI is InChI=1S/C21H19F5N4O2/c1-10(11-4-3-5-12(16(11)22)17(23)24)27-18-14-9-30(21(6-7-21)20(25)26)15(31)8-13(14)19(32)29(2)28-18/h3-5,8-10,17,20H,6-7H2,1-2H3,(H,27,28). The first kappa shape index (κ1) is 22.0. The number of alkyl halides is 4. The average Bonchev–Trinajstić information content (AvgIpc) is 3.53. The van der Waals surface area contributed by atoms with Crippen LogP contribution in [0.15, 0.2) is 40.1 Å². The molecule has 11 heteroatoms. The lowest BCUT2D eigenvalue weighted by molar-refractivity contribution is 0.0654. The molecule has 0 saturated heterocycles. The largest absolute Gasteiger partial charge is 0.361 e. The molecule has 1 saturated carbocycles. The van der Waals surface area contributed by atoms with Crippen molar-refractivity contribution in [2.24, 2.45) is 7.05 Å². The fraction of sp³-hybridized carbons (Fsp3) is 0.381. The second kappa shape index (κ2) is 7.72. The van der Waals surface area contributed by atoms with Gasteiger partial charge in [0, 0.05) is 30.3 Å². The van der Waals surface area contributed by atoms with Crippen LogP contribution in [0.4, 0.5) is 27.8 Å². The summed E-state index contributed by atoms with van der Waals surface area (Å²) in [5.41, 5.74) is -3.81. The van der Waals surface area contributed by atoms with E-state index in [1.807, 2.05) is 0 Å². The molecule has 0 radical (unpaired) electrons. The number of benzene rings is 1. The summed E-state index contributed by atoms with van der Waals surface area (Å²) in [4.78, 5) is 25.0. The molecule has 4 rings (SSSR count). The fourth-order valence-corrected chi connectivity index (χ4v) is 3.82. The summed E-state index contributed by atoms with van der Waals surface area (Å²) in [6, 6.07) is 3.72. The lowest BCUT2D eigenvalue weighted by Gasteiger charge is -2.21. The summed E-state index contributed by atoms with van der Waals surface area (Å²) in [7, 11) is 1.34. The zero-order valence-corrected chi connectivity index (χ0v) is 17.1. The van der Waals surface area contributed by atoms with Crippen molar-refractivity contribution in [2.75, 3.05) is 5.32 Å². The number of pyridine rings is 1. The molecule has 1 unspecified atom stereocenters. The number of halogens is 5. The molecule has 1 aliphatic carbocycles. The molecule has 1 atom stereocenters. The van der Waals surface area contributed by atoms with Gasteiger partial charge in [-0.05, 0) is 19.8 Å². The van der Waals surface area contributed by atoms with E-state index in [9.17, 15) is 31.5 Å². The molecule has 1 aliphatic rings. The van der Waals surface area contributed by atoms with Crippen molar-refractivity contribution in [3.8, 4) is 0 Å². The van der Waals surface area contributed by atoms with E-state index in [1.165, 1.54) is 26.1 Å². The molecule has 2 aromatic heterocycles. The highest BCUT2D eigenvalue weighted by Gasteiger charge is 2.53. The van der Waals surface area contributed by atoms with Crippen molar-refractivity contribution in [1.29, 1.82) is 0 Å². The van der Waals surface area contributed by atoms with E-state index < -0.39 is 46.9 Å². The summed E-state index contributed by atoms with van der Waals surface area (Å²) in [5.74, 6) is -1.06. The maximum Gasteiger partial charge on any atom is 0.274 e. The lowest BCUT2D eigenvalue weighted by Crippen LogP contribution is -2.36. The van der Waals surface area contributed by atoms with E-state index in [-0.39, 0.29) is 35.0 Å². The van der Waals surface area contributed by atoms with Gasteiger partial charge in [0.05, 0.1) is 17.0 Å². The normalized spacial score (nSPS) is 16.0. The molecule has 2 heterocycles. The lowest BCUT2D eigenvalue weighted by atomic mass is 10.0. The van der Waals surface area contributed by atoms with Gasteiger partial charge in [0.25, 0.3) is 24.0 Å². The van der Waals surface area contributed by atoms with Gasteiger partial charge in [0.1, 0.15) is 11.4 Å². The van der Waals surface area contributed by atoms with Crippen molar-refractivity contribution in [3.05, 3.63) is 68.1 Å². The van der Waals surface area contributed by atoms with Crippen molar-refractivity contribution in [1.82, 2.24) is 14.3 Å². The van der Waals surface area contributed by atoms with Crippen LogP contribution >= 0.6 is 0 Å². The second-order valence-electron chi connectivity index (χ2n) is 7.91. The van der Waals surface area contributed by atoms with Gasteiger partial charge in [-0.1, -0.05) is 18.2 Å². The first-order valence-electron chi connectivity index (χ1n) is 9.82. The highest BCUT2D eigenvalue weighted by molar-refractivity contribution is 5.90. The minimum atomic E-state index is -3.00. The van der Waals surface area contributed by atoms with Crippen LogP contribution in [-0.2, 0) is 12.6 Å². The molecule has 0 spiro atoms. The maximum atomic E-state index is 14.6. The SMILES string of the molecule is CC(Nc1nn(C)c(=O)c2cc(=O)n(C3(C(F)F)CC3)cc12)c1cccc(C(F)F)c1F. The van der Waals surface area contributed by atoms with Crippen LogP contribution in [0.2, 0.25) is 0 Å². The fourth-order valence-electron chi connectivity index (χ4n) is 3.82. The Bertz CT molecular complexity index is 1310. The Morgan fingerprint density at radius 1 is 1.09 bits per heavy atom. The molecule has 170 valence electrons. The van der Waals surface area contributed by atoms with Crippen molar-refractivity contribution >= 4 is 16.6 Å². The van der Waals surface area contributed by atoms with Crippen LogP contribution in [0.1, 0.15) is 43.4 Å². The summed E-state index contributed by atoms with van der Waals surface area (Å²) >= 11 is 0. The summed E-state index contributed by atoms with van der Waals surface area (Å²) in [6.07, 6.45) is -4.40. The molecule has 0 aliphatic heterocycles. The molecule has 6 nitrogen and oxygen atoms in total. The summed E-state index contributed by atoms with van der Waals surface area (Å²) in [6.45, 7) is 1.50. The minimum Gasteiger partial charge on any atom is -0.361 e. The Labute approximate surface area is 178 Å². The van der Waals surface area contributed by atoms with E-state index in [2.05, 4.69) is 10.4 Å². The van der Waals surface area contributed by atoms with Crippen LogP contribution in [0.3, 0.4) is 0 Å². The third-order valence-corrected chi connectivity index (χ3v) is 5.84. The molecule has 1 fully saturated rings. The van der Waals surface area contributed by atoms with E-state index >= 15 is 0 Å². The monoisotopic (exact) mass is 454 g/mol. The van der Waals surface area contributed by atoms with E-state index in [0.29, 0.717) is 0 Å². The Kier molecular flexibility index (Phi) is 5.30. The van der Waals surface area contributed by atoms with Crippen LogP contribution in [0.25, 0.3) is 10.8 Å². The number of anilines is 1. The number of rotatable bonds is 6. The molecule has 3 aromatic rings. The number of aromatic nitrogens is 3. The number of fused-ring (bicyclic) bond motifs is 1. The van der Waals surface area contributed by atoms with E-state index in [0.717, 1.165) is 27.6 Å². The van der Waals surface area contributed by atoms with Gasteiger partial charge in [-0.2, -0.15) is 5.10 Å². The molecule has 32 heavy (non-hydrogen) atoms. The number of hydrogen-bond donors (Lipinski definition) is 1. The molecule has 1 aromatic carbocycles. The van der Waals surface area contributed by atoms with Gasteiger partial charge < -0.3 is 9.88 Å². The Morgan fingerprint density at radius 3 is 2.34 bits per heavy atom. The average molecular weight is 454 g/mol. The van der Waals surface area contributed by atoms with Gasteiger partial charge in [0.15, 0.2) is 5.82 Å². The van der Waals surface area contributed by atoms with Gasteiger partial charge >= 0.3 is 0 Å². The maximum absolute atomic E-state index is 14.6. The third-order valence-electron chi connectivity index (χ3n) is 5.84. The van der Waals surface area contributed by atoms with Crippen molar-refractivity contribution in [3.63, 3.8) is 0 Å². The summed E-state index contributed by atoms with van der Waals surface area (Å²) < 4.78 is 69.8. The van der Waals surface area contributed by atoms with E-state index in [4.69, 9.17) is 0 Å². The van der Waals surface area contributed by atoms with Crippen molar-refractivity contribution in [2.45, 2.75) is 44.2 Å². The molecule has 1 N–H and O–H groups in total. The van der Waals surface area contributed by atoms with E-state index in [1.54, 1.807) is 0 Å². The number of nitrogens with one attached hydrogen (secondary N) is 1. The first-order valence-corrected chi connectivity index (χ1v) is 9.82. The topological polar surface area (TPSA) is 68.9 Å². The van der Waals surface area contributed by atoms with Gasteiger partial charge in [0.2, 0.25) is 0 Å². The predicted molar refractivity (Wildman–Crippen MR) is 108 cm³/mol. The van der Waals surface area contributed by atoms with Gasteiger partial charge in [-0.3, -0.25) is 9.59 Å². The summed E-state index contributed by atoms with van der Waals surface area (Å²) in [5, 5.41) is 7.00. The molecular formula is C21H19F5N4O2. The number of aryl methyl sites for hydroxylation is 1. The Morgan fingerprint density at radius 2 is 1.75 bits per heavy atom. The predicted octanol–water partition coefficient (Wildman–Crippen LogP) is 4.10. The smallest absolute Gasteiger partial charge is 0.274 e. The van der Waals surface area contributed by atoms with Crippen LogP contribution in [0.5, 0.6) is 0 Å². The van der Waals surface area contributed by atoms with Gasteiger partial charge in [-0.25, -0.2) is 26.6 Å². The highest BCUT2D eigenvalue weighted by atomic mass is 19.3. The quantitative estimate of drug-likeness (QED) is 0.570. The Hall–Kier alpha value is -3.24. The van der Waals surface area contributed by atoms with Crippen LogP contribution in [-0.4, -0.2) is 20.8 Å². The second-order valence-corrected chi connectivity index (χ2v) is 7.91. The van der Waals surface area contributed by atoms with Crippen molar-refractivity contribution < 1.29 is 22.0 Å². The van der Waals surface area contributed by atoms with Crippen LogP contribution < -0.4 is 16.4 Å². The third kappa shape index (κ3) is 3.45. The minimum absolute atomic E-state index is 0.0234. The number of hydrogen-bond acceptors (Lipinski definition) is 4. The first-order chi connectivity index (χ1) is 15.1. The molecule has 0 amide bonds. The zero-order chi connectivity index (χ0) is 23.4. The Balaban J connectivity index is 1.84. The zero-order valence-electron chi connectivity index (χ0n) is 17.1. The molecule has 0 bridgehead atoms. The molecular weight excluding hydrogens is 435 g/mol. The van der Waals surface area contributed by atoms with Crippen LogP contribution in [0, 0.1) is 5.82 Å². The number of nitrogens with zero attached hydrogens (tertiary/aromatic N) is 3. The highest BCUT2D eigenvalue weighted by Crippen LogP contribution is 2.48.